The fraction of sp³-hybridized carbons (Fsp3) is 0.263. The van der Waals surface area contributed by atoms with Crippen molar-refractivity contribution >= 4 is 28.6 Å². The Balaban J connectivity index is 1.98. The van der Waals surface area contributed by atoms with Gasteiger partial charge in [0.25, 0.3) is 5.56 Å². The highest BCUT2D eigenvalue weighted by atomic mass is 32.2. The third-order valence-corrected chi connectivity index (χ3v) is 4.77. The maximum atomic E-state index is 13.1. The number of ether oxygens (including phenoxy) is 1. The highest BCUT2D eigenvalue weighted by Crippen LogP contribution is 2.20. The largest absolute Gasteiger partial charge is 0.383 e. The van der Waals surface area contributed by atoms with E-state index >= 15 is 0 Å². The normalized spacial score (nSPS) is 10.9. The Bertz CT molecular complexity index is 1020. The molecule has 0 saturated heterocycles. The van der Waals surface area contributed by atoms with Crippen LogP contribution in [0.3, 0.4) is 0 Å². The van der Waals surface area contributed by atoms with Gasteiger partial charge < -0.3 is 10.1 Å². The monoisotopic (exact) mass is 384 g/mol. The predicted octanol–water partition coefficient (Wildman–Crippen LogP) is 1.94. The zero-order valence-electron chi connectivity index (χ0n) is 15.1. The van der Waals surface area contributed by atoms with Crippen LogP contribution in [0.25, 0.3) is 16.7 Å². The van der Waals surface area contributed by atoms with Crippen molar-refractivity contribution in [1.29, 1.82) is 0 Å². The number of benzene rings is 1. The van der Waals surface area contributed by atoms with E-state index in [9.17, 15) is 9.59 Å². The second kappa shape index (κ2) is 8.79. The van der Waals surface area contributed by atoms with Gasteiger partial charge in [-0.05, 0) is 36.8 Å². The predicted molar refractivity (Wildman–Crippen MR) is 105 cm³/mol. The van der Waals surface area contributed by atoms with Crippen LogP contribution in [-0.4, -0.2) is 46.5 Å². The van der Waals surface area contributed by atoms with E-state index in [0.717, 1.165) is 5.56 Å². The number of methoxy groups -OCH3 is 1. The summed E-state index contributed by atoms with van der Waals surface area (Å²) in [6.07, 6.45) is 1.65. The van der Waals surface area contributed by atoms with Crippen LogP contribution >= 0.6 is 11.8 Å². The van der Waals surface area contributed by atoms with Crippen molar-refractivity contribution in [3.05, 3.63) is 58.5 Å². The van der Waals surface area contributed by atoms with Crippen LogP contribution in [0.15, 0.2) is 52.5 Å². The van der Waals surface area contributed by atoms with Gasteiger partial charge in [-0.2, -0.15) is 0 Å². The molecule has 3 rings (SSSR count). The van der Waals surface area contributed by atoms with Crippen molar-refractivity contribution in [3.63, 3.8) is 0 Å². The number of carbonyl (C=O) groups is 1. The van der Waals surface area contributed by atoms with Crippen molar-refractivity contribution in [1.82, 2.24) is 19.9 Å². The fourth-order valence-electron chi connectivity index (χ4n) is 2.53. The first-order valence-corrected chi connectivity index (χ1v) is 9.42. The molecule has 0 aliphatic carbocycles. The van der Waals surface area contributed by atoms with E-state index in [2.05, 4.69) is 15.3 Å². The van der Waals surface area contributed by atoms with Crippen LogP contribution in [0.5, 0.6) is 0 Å². The molecule has 0 fully saturated rings. The van der Waals surface area contributed by atoms with E-state index in [1.165, 1.54) is 16.3 Å². The first kappa shape index (κ1) is 19.1. The molecule has 1 aromatic carbocycles. The third kappa shape index (κ3) is 4.53. The first-order valence-electron chi connectivity index (χ1n) is 8.43. The molecule has 0 bridgehead atoms. The molecule has 2 heterocycles. The lowest BCUT2D eigenvalue weighted by Crippen LogP contribution is -2.29. The number of hydrogen-bond acceptors (Lipinski definition) is 6. The SMILES string of the molecule is COCCNC(=O)CSc1nc2ccccc2c(=O)n1-c1cc(C)ccn1. The Kier molecular flexibility index (Phi) is 6.20. The van der Waals surface area contributed by atoms with Crippen molar-refractivity contribution in [3.8, 4) is 5.82 Å². The van der Waals surface area contributed by atoms with Crippen LogP contribution in [0.2, 0.25) is 0 Å². The molecule has 0 aliphatic heterocycles. The summed E-state index contributed by atoms with van der Waals surface area (Å²) >= 11 is 1.20. The van der Waals surface area contributed by atoms with Gasteiger partial charge in [0.2, 0.25) is 5.91 Å². The topological polar surface area (TPSA) is 86.1 Å². The summed E-state index contributed by atoms with van der Waals surface area (Å²) in [6, 6.07) is 10.8. The first-order chi connectivity index (χ1) is 13.1. The lowest BCUT2D eigenvalue weighted by molar-refractivity contribution is -0.118. The van der Waals surface area contributed by atoms with E-state index in [-0.39, 0.29) is 17.2 Å². The van der Waals surface area contributed by atoms with Crippen LogP contribution in [-0.2, 0) is 9.53 Å². The summed E-state index contributed by atoms with van der Waals surface area (Å²) in [5.74, 6) is 0.476. The van der Waals surface area contributed by atoms with Crippen molar-refractivity contribution in [2.24, 2.45) is 0 Å². The average Bonchev–Trinajstić information content (AvgIpc) is 2.66. The number of amides is 1. The Labute approximate surface area is 160 Å². The molecule has 2 aromatic heterocycles. The van der Waals surface area contributed by atoms with Crippen molar-refractivity contribution in [2.75, 3.05) is 26.0 Å². The number of aromatic nitrogens is 3. The molecule has 1 amide bonds. The maximum absolute atomic E-state index is 13.1. The summed E-state index contributed by atoms with van der Waals surface area (Å²) < 4.78 is 6.38. The minimum absolute atomic E-state index is 0.139. The molecule has 27 heavy (non-hydrogen) atoms. The van der Waals surface area contributed by atoms with Crippen molar-refractivity contribution in [2.45, 2.75) is 12.1 Å². The molecule has 0 atom stereocenters. The quantitative estimate of drug-likeness (QED) is 0.381. The summed E-state index contributed by atoms with van der Waals surface area (Å²) in [5.41, 5.74) is 1.36. The van der Waals surface area contributed by atoms with Gasteiger partial charge in [-0.3, -0.25) is 9.59 Å². The summed E-state index contributed by atoms with van der Waals surface area (Å²) in [5, 5.41) is 3.70. The fourth-order valence-corrected chi connectivity index (χ4v) is 3.36. The molecular weight excluding hydrogens is 364 g/mol. The number of hydrogen-bond donors (Lipinski definition) is 1. The van der Waals surface area contributed by atoms with Gasteiger partial charge in [0.05, 0.1) is 23.3 Å². The third-order valence-electron chi connectivity index (χ3n) is 3.84. The molecule has 0 spiro atoms. The van der Waals surface area contributed by atoms with Gasteiger partial charge in [-0.15, -0.1) is 0 Å². The number of fused-ring (bicyclic) bond motifs is 1. The summed E-state index contributed by atoms with van der Waals surface area (Å²) in [7, 11) is 1.58. The number of pyridine rings is 1. The molecule has 0 aliphatic rings. The lowest BCUT2D eigenvalue weighted by atomic mass is 10.2. The van der Waals surface area contributed by atoms with E-state index in [0.29, 0.717) is 35.0 Å². The van der Waals surface area contributed by atoms with E-state index in [4.69, 9.17) is 4.74 Å². The molecule has 0 saturated carbocycles. The Morgan fingerprint density at radius 3 is 2.89 bits per heavy atom. The summed E-state index contributed by atoms with van der Waals surface area (Å²) in [6.45, 7) is 2.82. The number of nitrogens with one attached hydrogen (secondary N) is 1. The minimum Gasteiger partial charge on any atom is -0.383 e. The highest BCUT2D eigenvalue weighted by Gasteiger charge is 2.15. The Morgan fingerprint density at radius 2 is 2.11 bits per heavy atom. The van der Waals surface area contributed by atoms with Crippen molar-refractivity contribution < 1.29 is 9.53 Å². The van der Waals surface area contributed by atoms with E-state index in [1.807, 2.05) is 25.1 Å². The molecule has 3 aromatic rings. The number of aryl methyl sites for hydroxylation is 1. The van der Waals surface area contributed by atoms with Crippen LogP contribution in [0.4, 0.5) is 0 Å². The summed E-state index contributed by atoms with van der Waals surface area (Å²) in [4.78, 5) is 34.0. The average molecular weight is 384 g/mol. The van der Waals surface area contributed by atoms with E-state index < -0.39 is 0 Å². The molecular formula is C19H20N4O3S. The molecule has 8 heteroatoms. The number of para-hydroxylation sites is 1. The van der Waals surface area contributed by atoms with Gasteiger partial charge >= 0.3 is 0 Å². The number of carbonyl (C=O) groups excluding carboxylic acids is 1. The van der Waals surface area contributed by atoms with E-state index in [1.54, 1.807) is 31.5 Å². The highest BCUT2D eigenvalue weighted by molar-refractivity contribution is 7.99. The number of nitrogens with zero attached hydrogens (tertiary/aromatic N) is 3. The number of thioether (sulfide) groups is 1. The number of rotatable bonds is 7. The molecule has 7 nitrogen and oxygen atoms in total. The second-order valence-electron chi connectivity index (χ2n) is 5.87. The van der Waals surface area contributed by atoms with Gasteiger partial charge in [-0.1, -0.05) is 23.9 Å². The van der Waals surface area contributed by atoms with Crippen LogP contribution in [0, 0.1) is 6.92 Å². The molecule has 0 radical (unpaired) electrons. The van der Waals surface area contributed by atoms with Crippen LogP contribution in [0.1, 0.15) is 5.56 Å². The maximum Gasteiger partial charge on any atom is 0.267 e. The Morgan fingerprint density at radius 1 is 1.30 bits per heavy atom. The molecule has 1 N–H and O–H groups in total. The van der Waals surface area contributed by atoms with Gasteiger partial charge in [-0.25, -0.2) is 14.5 Å². The van der Waals surface area contributed by atoms with Gasteiger partial charge in [0.1, 0.15) is 5.82 Å². The Hall–Kier alpha value is -2.71. The molecule has 140 valence electrons. The van der Waals surface area contributed by atoms with Gasteiger partial charge in [0, 0.05) is 19.9 Å². The standard InChI is InChI=1S/C19H20N4O3S/c1-13-7-8-20-16(11-13)23-18(25)14-5-3-4-6-15(14)22-19(23)27-12-17(24)21-9-10-26-2/h3-8,11H,9-10,12H2,1-2H3,(H,21,24). The zero-order valence-corrected chi connectivity index (χ0v) is 16.0. The minimum atomic E-state index is -0.207. The molecule has 0 unspecified atom stereocenters. The van der Waals surface area contributed by atoms with Crippen LogP contribution < -0.4 is 10.9 Å². The smallest absolute Gasteiger partial charge is 0.267 e. The zero-order chi connectivity index (χ0) is 19.2. The second-order valence-corrected chi connectivity index (χ2v) is 6.82. The lowest BCUT2D eigenvalue weighted by Gasteiger charge is -2.13. The van der Waals surface area contributed by atoms with Gasteiger partial charge in [0.15, 0.2) is 5.16 Å².